The smallest absolute Gasteiger partial charge is 0.00529 e. The predicted molar refractivity (Wildman–Crippen MR) is 131 cm³/mol. The Hall–Kier alpha value is -0.780. The van der Waals surface area contributed by atoms with E-state index in [1.165, 1.54) is 89.9 Å². The van der Waals surface area contributed by atoms with Crippen molar-refractivity contribution < 1.29 is 0 Å². The van der Waals surface area contributed by atoms with E-state index < -0.39 is 0 Å². The molecule has 0 radical (unpaired) electrons. The first-order valence-corrected chi connectivity index (χ1v) is 13.7. The first-order chi connectivity index (χ1) is 14.7. The summed E-state index contributed by atoms with van der Waals surface area (Å²) in [5, 5.41) is 0. The second kappa shape index (κ2) is 11.2. The SMILES string of the molecule is CC1CCC(/C=C/C2C=CC(/C=C/C3CCC(C4CCC(C)CC4)CC3)CC2)CC1. The molecule has 4 aliphatic carbocycles. The summed E-state index contributed by atoms with van der Waals surface area (Å²) in [5.41, 5.74) is 0. The molecule has 0 spiro atoms. The molecule has 168 valence electrons. The van der Waals surface area contributed by atoms with Crippen LogP contribution in [-0.2, 0) is 0 Å². The van der Waals surface area contributed by atoms with Crippen LogP contribution in [0.5, 0.6) is 0 Å². The summed E-state index contributed by atoms with van der Waals surface area (Å²) >= 11 is 0. The molecule has 0 nitrogen and oxygen atoms in total. The lowest BCUT2D eigenvalue weighted by atomic mass is 9.69. The van der Waals surface area contributed by atoms with E-state index in [2.05, 4.69) is 50.3 Å². The van der Waals surface area contributed by atoms with E-state index in [0.717, 1.165) is 35.5 Å². The summed E-state index contributed by atoms with van der Waals surface area (Å²) in [5.74, 6) is 7.19. The van der Waals surface area contributed by atoms with Gasteiger partial charge in [-0.25, -0.2) is 0 Å². The van der Waals surface area contributed by atoms with Crippen molar-refractivity contribution in [2.75, 3.05) is 0 Å². The quantitative estimate of drug-likeness (QED) is 0.398. The Balaban J connectivity index is 1.16. The molecule has 3 fully saturated rings. The molecule has 0 heterocycles. The van der Waals surface area contributed by atoms with Crippen LogP contribution in [-0.4, -0.2) is 0 Å². The van der Waals surface area contributed by atoms with Gasteiger partial charge in [0, 0.05) is 0 Å². The maximum absolute atomic E-state index is 2.60. The maximum Gasteiger partial charge on any atom is -0.00529 e. The van der Waals surface area contributed by atoms with E-state index in [1.807, 2.05) is 0 Å². The molecule has 0 bridgehead atoms. The molecule has 0 aromatic carbocycles. The fourth-order valence-corrected chi connectivity index (χ4v) is 6.83. The molecule has 30 heavy (non-hydrogen) atoms. The number of allylic oxidation sites excluding steroid dienone is 6. The van der Waals surface area contributed by atoms with Gasteiger partial charge in [0.15, 0.2) is 0 Å². The van der Waals surface area contributed by atoms with Crippen LogP contribution in [0.25, 0.3) is 0 Å². The van der Waals surface area contributed by atoms with Crippen molar-refractivity contribution in [1.82, 2.24) is 0 Å². The zero-order chi connectivity index (χ0) is 20.8. The molecular formula is C30H48. The molecule has 0 aliphatic heterocycles. The van der Waals surface area contributed by atoms with Gasteiger partial charge in [-0.05, 0) is 112 Å². The molecule has 0 aromatic heterocycles. The van der Waals surface area contributed by atoms with Crippen molar-refractivity contribution >= 4 is 0 Å². The zero-order valence-corrected chi connectivity index (χ0v) is 20.0. The fourth-order valence-electron chi connectivity index (χ4n) is 6.83. The Morgan fingerprint density at radius 3 is 1.23 bits per heavy atom. The highest BCUT2D eigenvalue weighted by Gasteiger charge is 2.29. The molecule has 2 atom stereocenters. The van der Waals surface area contributed by atoms with Crippen LogP contribution < -0.4 is 0 Å². The first kappa shape index (κ1) is 22.4. The summed E-state index contributed by atoms with van der Waals surface area (Å²) in [7, 11) is 0. The van der Waals surface area contributed by atoms with Gasteiger partial charge in [0.05, 0.1) is 0 Å². The van der Waals surface area contributed by atoms with Crippen molar-refractivity contribution in [2.24, 2.45) is 47.3 Å². The van der Waals surface area contributed by atoms with Gasteiger partial charge in [-0.3, -0.25) is 0 Å². The molecule has 0 heteroatoms. The molecule has 3 saturated carbocycles. The first-order valence-electron chi connectivity index (χ1n) is 13.7. The van der Waals surface area contributed by atoms with Crippen molar-refractivity contribution in [2.45, 2.75) is 104 Å². The van der Waals surface area contributed by atoms with Gasteiger partial charge in [-0.15, -0.1) is 0 Å². The van der Waals surface area contributed by atoms with Gasteiger partial charge in [-0.2, -0.15) is 0 Å². The van der Waals surface area contributed by atoms with Gasteiger partial charge < -0.3 is 0 Å². The Labute approximate surface area is 187 Å². The number of hydrogen-bond donors (Lipinski definition) is 0. The van der Waals surface area contributed by atoms with Crippen LogP contribution in [0, 0.1) is 47.3 Å². The summed E-state index contributed by atoms with van der Waals surface area (Å²) in [6.07, 6.45) is 35.6. The molecule has 0 N–H and O–H groups in total. The van der Waals surface area contributed by atoms with Crippen LogP contribution in [0.15, 0.2) is 36.5 Å². The van der Waals surface area contributed by atoms with Gasteiger partial charge >= 0.3 is 0 Å². The van der Waals surface area contributed by atoms with Crippen LogP contribution >= 0.6 is 0 Å². The minimum atomic E-state index is 0.697. The van der Waals surface area contributed by atoms with E-state index in [1.54, 1.807) is 0 Å². The monoisotopic (exact) mass is 408 g/mol. The Morgan fingerprint density at radius 1 is 0.433 bits per heavy atom. The van der Waals surface area contributed by atoms with Gasteiger partial charge in [0.25, 0.3) is 0 Å². The van der Waals surface area contributed by atoms with E-state index in [-0.39, 0.29) is 0 Å². The van der Waals surface area contributed by atoms with E-state index in [4.69, 9.17) is 0 Å². The predicted octanol–water partition coefficient (Wildman–Crippen LogP) is 9.14. The molecule has 0 aromatic rings. The van der Waals surface area contributed by atoms with Crippen molar-refractivity contribution in [3.63, 3.8) is 0 Å². The van der Waals surface area contributed by atoms with Gasteiger partial charge in [-0.1, -0.05) is 76.0 Å². The summed E-state index contributed by atoms with van der Waals surface area (Å²) in [6.45, 7) is 4.87. The minimum Gasteiger partial charge on any atom is -0.0848 e. The van der Waals surface area contributed by atoms with Crippen LogP contribution in [0.2, 0.25) is 0 Å². The van der Waals surface area contributed by atoms with Gasteiger partial charge in [0.2, 0.25) is 0 Å². The van der Waals surface area contributed by atoms with Crippen LogP contribution in [0.3, 0.4) is 0 Å². The highest BCUT2D eigenvalue weighted by molar-refractivity contribution is 5.12. The third-order valence-corrected chi connectivity index (χ3v) is 9.30. The highest BCUT2D eigenvalue weighted by Crippen LogP contribution is 2.41. The van der Waals surface area contributed by atoms with Crippen molar-refractivity contribution in [3.8, 4) is 0 Å². The normalized spacial score (nSPS) is 43.4. The molecule has 4 aliphatic rings. The van der Waals surface area contributed by atoms with Crippen molar-refractivity contribution in [3.05, 3.63) is 36.5 Å². The molecule has 0 saturated heterocycles. The summed E-state index contributed by atoms with van der Waals surface area (Å²) in [6, 6.07) is 0. The zero-order valence-electron chi connectivity index (χ0n) is 20.0. The number of hydrogen-bond acceptors (Lipinski definition) is 0. The Morgan fingerprint density at radius 2 is 0.800 bits per heavy atom. The number of rotatable bonds is 5. The molecule has 2 unspecified atom stereocenters. The average Bonchev–Trinajstić information content (AvgIpc) is 2.79. The highest BCUT2D eigenvalue weighted by atomic mass is 14.3. The van der Waals surface area contributed by atoms with E-state index in [9.17, 15) is 0 Å². The molecule has 4 rings (SSSR count). The van der Waals surface area contributed by atoms with E-state index >= 15 is 0 Å². The lowest BCUT2D eigenvalue weighted by Gasteiger charge is -2.36. The Bertz CT molecular complexity index is 571. The largest absolute Gasteiger partial charge is 0.0848 e. The second-order valence-electron chi connectivity index (χ2n) is 11.8. The summed E-state index contributed by atoms with van der Waals surface area (Å²) in [4.78, 5) is 0. The summed E-state index contributed by atoms with van der Waals surface area (Å²) < 4.78 is 0. The van der Waals surface area contributed by atoms with Crippen molar-refractivity contribution in [1.29, 1.82) is 0 Å². The average molecular weight is 409 g/mol. The third-order valence-electron chi connectivity index (χ3n) is 9.30. The van der Waals surface area contributed by atoms with Crippen LogP contribution in [0.4, 0.5) is 0 Å². The standard InChI is InChI=1S/C30H48/c1-23-3-7-25(8-4-23)9-10-26-11-13-27(14-12-26)15-16-28-17-21-30(22-18-28)29-19-5-24(2)6-20-29/h9-11,13,15-16,23-30H,3-8,12,14,17-22H2,1-2H3/b10-9+,16-15+. The molecular weight excluding hydrogens is 360 g/mol. The van der Waals surface area contributed by atoms with Crippen LogP contribution in [0.1, 0.15) is 104 Å². The lowest BCUT2D eigenvalue weighted by molar-refractivity contribution is 0.160. The maximum atomic E-state index is 2.60. The lowest BCUT2D eigenvalue weighted by Crippen LogP contribution is -2.24. The molecule has 0 amide bonds. The third kappa shape index (κ3) is 6.61. The Kier molecular flexibility index (Phi) is 8.36. The second-order valence-corrected chi connectivity index (χ2v) is 11.8. The van der Waals surface area contributed by atoms with E-state index in [0.29, 0.717) is 11.8 Å². The fraction of sp³-hybridized carbons (Fsp3) is 0.800. The topological polar surface area (TPSA) is 0 Å². The minimum absolute atomic E-state index is 0.697. The van der Waals surface area contributed by atoms with Gasteiger partial charge in [0.1, 0.15) is 0 Å².